The van der Waals surface area contributed by atoms with E-state index in [2.05, 4.69) is 4.72 Å². The zero-order chi connectivity index (χ0) is 12.0. The number of hydrogen-bond acceptors (Lipinski definition) is 4. The van der Waals surface area contributed by atoms with E-state index in [1.54, 1.807) is 7.11 Å². The zero-order valence-electron chi connectivity index (χ0n) is 9.68. The normalized spacial score (nSPS) is 26.1. The molecule has 1 aliphatic carbocycles. The van der Waals surface area contributed by atoms with Crippen LogP contribution in [0.3, 0.4) is 0 Å². The fourth-order valence-electron chi connectivity index (χ4n) is 1.95. The molecular formula is C10H21NO4S. The molecule has 0 aromatic carbocycles. The number of hydrogen-bond donors (Lipinski definition) is 2. The second kappa shape index (κ2) is 6.54. The van der Waals surface area contributed by atoms with Crippen molar-refractivity contribution in [1.82, 2.24) is 4.72 Å². The van der Waals surface area contributed by atoms with E-state index in [1.807, 2.05) is 0 Å². The Morgan fingerprint density at radius 2 is 2.19 bits per heavy atom. The Labute approximate surface area is 97.2 Å². The molecule has 0 radical (unpaired) electrons. The van der Waals surface area contributed by atoms with Crippen LogP contribution in [0.4, 0.5) is 0 Å². The molecule has 2 unspecified atom stereocenters. The van der Waals surface area contributed by atoms with Crippen LogP contribution in [-0.2, 0) is 14.8 Å². The van der Waals surface area contributed by atoms with Crippen LogP contribution in [0.15, 0.2) is 0 Å². The quantitative estimate of drug-likeness (QED) is 0.629. The SMILES string of the molecule is COCCCS(=O)(=O)NCC1CCCC1O. The number of methoxy groups -OCH3 is 1. The maximum absolute atomic E-state index is 11.5. The highest BCUT2D eigenvalue weighted by molar-refractivity contribution is 7.89. The lowest BCUT2D eigenvalue weighted by molar-refractivity contribution is 0.134. The van der Waals surface area contributed by atoms with Crippen molar-refractivity contribution in [3.05, 3.63) is 0 Å². The van der Waals surface area contributed by atoms with Gasteiger partial charge in [0.25, 0.3) is 0 Å². The zero-order valence-corrected chi connectivity index (χ0v) is 10.5. The summed E-state index contributed by atoms with van der Waals surface area (Å²) in [7, 11) is -1.66. The molecule has 1 rings (SSSR count). The molecular weight excluding hydrogens is 230 g/mol. The molecule has 0 amide bonds. The van der Waals surface area contributed by atoms with Gasteiger partial charge in [0.1, 0.15) is 0 Å². The number of ether oxygens (including phenoxy) is 1. The Morgan fingerprint density at radius 1 is 1.44 bits per heavy atom. The van der Waals surface area contributed by atoms with Crippen LogP contribution < -0.4 is 4.72 Å². The van der Waals surface area contributed by atoms with Gasteiger partial charge in [-0.25, -0.2) is 13.1 Å². The van der Waals surface area contributed by atoms with Crippen molar-refractivity contribution in [1.29, 1.82) is 0 Å². The first kappa shape index (κ1) is 13.9. The lowest BCUT2D eigenvalue weighted by Crippen LogP contribution is -2.34. The minimum Gasteiger partial charge on any atom is -0.393 e. The highest BCUT2D eigenvalue weighted by atomic mass is 32.2. The predicted octanol–water partition coefficient (Wildman–Crippen LogP) is 0.103. The summed E-state index contributed by atoms with van der Waals surface area (Å²) >= 11 is 0. The lowest BCUT2D eigenvalue weighted by Gasteiger charge is -2.15. The standard InChI is InChI=1S/C10H21NO4S/c1-15-6-3-7-16(13,14)11-8-9-4-2-5-10(9)12/h9-12H,2-8H2,1H3. The smallest absolute Gasteiger partial charge is 0.211 e. The monoisotopic (exact) mass is 251 g/mol. The highest BCUT2D eigenvalue weighted by Gasteiger charge is 2.26. The number of aliphatic hydroxyl groups is 1. The van der Waals surface area contributed by atoms with Crippen LogP contribution in [0, 0.1) is 5.92 Å². The van der Waals surface area contributed by atoms with Gasteiger partial charge in [0.2, 0.25) is 10.0 Å². The van der Waals surface area contributed by atoms with Crippen molar-refractivity contribution in [2.45, 2.75) is 31.8 Å². The molecule has 0 spiro atoms. The Hall–Kier alpha value is -0.170. The topological polar surface area (TPSA) is 75.6 Å². The first-order valence-corrected chi connectivity index (χ1v) is 7.35. The van der Waals surface area contributed by atoms with E-state index in [4.69, 9.17) is 4.74 Å². The van der Waals surface area contributed by atoms with Crippen molar-refractivity contribution in [2.24, 2.45) is 5.92 Å². The van der Waals surface area contributed by atoms with Gasteiger partial charge in [0.15, 0.2) is 0 Å². The Kier molecular flexibility index (Phi) is 5.68. The molecule has 96 valence electrons. The maximum atomic E-state index is 11.5. The Morgan fingerprint density at radius 3 is 2.75 bits per heavy atom. The lowest BCUT2D eigenvalue weighted by atomic mass is 10.1. The van der Waals surface area contributed by atoms with E-state index in [0.717, 1.165) is 19.3 Å². The molecule has 0 aromatic rings. The molecule has 0 aromatic heterocycles. The third kappa shape index (κ3) is 4.78. The first-order chi connectivity index (χ1) is 7.55. The molecule has 2 N–H and O–H groups in total. The summed E-state index contributed by atoms with van der Waals surface area (Å²) in [6, 6.07) is 0. The third-order valence-electron chi connectivity index (χ3n) is 2.95. The molecule has 1 fully saturated rings. The number of rotatable bonds is 7. The summed E-state index contributed by atoms with van der Waals surface area (Å²) in [5, 5.41) is 9.55. The van der Waals surface area contributed by atoms with E-state index in [0.29, 0.717) is 19.6 Å². The molecule has 5 nitrogen and oxygen atoms in total. The fourth-order valence-corrected chi connectivity index (χ4v) is 3.07. The van der Waals surface area contributed by atoms with Crippen LogP contribution >= 0.6 is 0 Å². The third-order valence-corrected chi connectivity index (χ3v) is 4.38. The molecule has 0 saturated heterocycles. The summed E-state index contributed by atoms with van der Waals surface area (Å²) in [5.41, 5.74) is 0. The second-order valence-electron chi connectivity index (χ2n) is 4.27. The summed E-state index contributed by atoms with van der Waals surface area (Å²) in [6.45, 7) is 0.809. The van der Waals surface area contributed by atoms with E-state index in [1.165, 1.54) is 0 Å². The van der Waals surface area contributed by atoms with Gasteiger partial charge in [0, 0.05) is 20.3 Å². The molecule has 0 bridgehead atoms. The summed E-state index contributed by atoms with van der Waals surface area (Å²) < 4.78 is 30.4. The van der Waals surface area contributed by atoms with Crippen LogP contribution in [0.1, 0.15) is 25.7 Å². The first-order valence-electron chi connectivity index (χ1n) is 5.69. The van der Waals surface area contributed by atoms with E-state index < -0.39 is 10.0 Å². The van der Waals surface area contributed by atoms with Crippen molar-refractivity contribution < 1.29 is 18.3 Å². The van der Waals surface area contributed by atoms with Crippen molar-refractivity contribution in [3.8, 4) is 0 Å². The maximum Gasteiger partial charge on any atom is 0.211 e. The largest absolute Gasteiger partial charge is 0.393 e. The highest BCUT2D eigenvalue weighted by Crippen LogP contribution is 2.24. The minimum atomic E-state index is -3.21. The van der Waals surface area contributed by atoms with Gasteiger partial charge in [-0.05, 0) is 25.2 Å². The average molecular weight is 251 g/mol. The van der Waals surface area contributed by atoms with Gasteiger partial charge in [-0.15, -0.1) is 0 Å². The van der Waals surface area contributed by atoms with Crippen LogP contribution in [0.5, 0.6) is 0 Å². The summed E-state index contributed by atoms with van der Waals surface area (Å²) in [4.78, 5) is 0. The van der Waals surface area contributed by atoms with Crippen LogP contribution in [0.25, 0.3) is 0 Å². The predicted molar refractivity (Wildman–Crippen MR) is 61.6 cm³/mol. The Bertz CT molecular complexity index is 291. The van der Waals surface area contributed by atoms with Gasteiger partial charge in [0.05, 0.1) is 11.9 Å². The molecule has 2 atom stereocenters. The molecule has 1 saturated carbocycles. The molecule has 0 heterocycles. The van der Waals surface area contributed by atoms with Gasteiger partial charge in [-0.3, -0.25) is 0 Å². The number of aliphatic hydroxyl groups excluding tert-OH is 1. The van der Waals surface area contributed by atoms with Crippen molar-refractivity contribution in [2.75, 3.05) is 26.0 Å². The molecule has 0 aliphatic heterocycles. The number of nitrogens with one attached hydrogen (secondary N) is 1. The summed E-state index contributed by atoms with van der Waals surface area (Å²) in [5.74, 6) is 0.168. The van der Waals surface area contributed by atoms with E-state index in [9.17, 15) is 13.5 Å². The van der Waals surface area contributed by atoms with Crippen LogP contribution in [0.2, 0.25) is 0 Å². The van der Waals surface area contributed by atoms with Gasteiger partial charge in [-0.2, -0.15) is 0 Å². The molecule has 1 aliphatic rings. The number of sulfonamides is 1. The molecule has 6 heteroatoms. The summed E-state index contributed by atoms with van der Waals surface area (Å²) in [6.07, 6.45) is 2.83. The average Bonchev–Trinajstić information content (AvgIpc) is 2.62. The second-order valence-corrected chi connectivity index (χ2v) is 6.20. The molecule has 16 heavy (non-hydrogen) atoms. The van der Waals surface area contributed by atoms with E-state index in [-0.39, 0.29) is 17.8 Å². The van der Waals surface area contributed by atoms with Crippen molar-refractivity contribution >= 4 is 10.0 Å². The van der Waals surface area contributed by atoms with Gasteiger partial charge >= 0.3 is 0 Å². The van der Waals surface area contributed by atoms with E-state index >= 15 is 0 Å². The van der Waals surface area contributed by atoms with Gasteiger partial charge < -0.3 is 9.84 Å². The van der Waals surface area contributed by atoms with Crippen LogP contribution in [-0.4, -0.2) is 45.6 Å². The van der Waals surface area contributed by atoms with Gasteiger partial charge in [-0.1, -0.05) is 6.42 Å². The Balaban J connectivity index is 2.24. The van der Waals surface area contributed by atoms with Crippen molar-refractivity contribution in [3.63, 3.8) is 0 Å². The minimum absolute atomic E-state index is 0.0807. The fraction of sp³-hybridized carbons (Fsp3) is 1.00.